The number of hydrogen-bond donors (Lipinski definition) is 1. The molecular weight excluding hydrogens is 321 g/mol. The van der Waals surface area contributed by atoms with E-state index >= 15 is 0 Å². The van der Waals surface area contributed by atoms with E-state index < -0.39 is 0 Å². The molecule has 126 valence electrons. The standard InChI is InChI=1S/C19H16FN3O2/c1-13(24)21-17-4-2-3-14(11-17)12-23-19(25)10-9-18(22-23)15-5-7-16(20)8-6-15/h2-11H,12H2,1H3,(H,21,24). The first-order chi connectivity index (χ1) is 12.0. The van der Waals surface area contributed by atoms with Crippen LogP contribution in [0.2, 0.25) is 0 Å². The molecule has 0 unspecified atom stereocenters. The van der Waals surface area contributed by atoms with E-state index in [1.54, 1.807) is 36.4 Å². The lowest BCUT2D eigenvalue weighted by Gasteiger charge is -2.09. The molecule has 1 aromatic heterocycles. The molecule has 25 heavy (non-hydrogen) atoms. The molecule has 3 rings (SSSR count). The second kappa shape index (κ2) is 7.09. The van der Waals surface area contributed by atoms with Crippen molar-refractivity contribution in [3.8, 4) is 11.3 Å². The largest absolute Gasteiger partial charge is 0.326 e. The molecule has 3 aromatic rings. The SMILES string of the molecule is CC(=O)Nc1cccc(Cn2nc(-c3ccc(F)cc3)ccc2=O)c1. The van der Waals surface area contributed by atoms with E-state index in [4.69, 9.17) is 0 Å². The van der Waals surface area contributed by atoms with Crippen LogP contribution < -0.4 is 10.9 Å². The lowest BCUT2D eigenvalue weighted by Crippen LogP contribution is -2.22. The second-order valence-corrected chi connectivity index (χ2v) is 5.60. The maximum atomic E-state index is 13.1. The summed E-state index contributed by atoms with van der Waals surface area (Å²) in [5.41, 5.74) is 2.56. The number of rotatable bonds is 4. The van der Waals surface area contributed by atoms with Crippen LogP contribution in [-0.2, 0) is 11.3 Å². The van der Waals surface area contributed by atoms with E-state index in [9.17, 15) is 14.0 Å². The monoisotopic (exact) mass is 337 g/mol. The Balaban J connectivity index is 1.90. The van der Waals surface area contributed by atoms with Crippen molar-refractivity contribution < 1.29 is 9.18 Å². The fraction of sp³-hybridized carbons (Fsp3) is 0.105. The topological polar surface area (TPSA) is 64.0 Å². The van der Waals surface area contributed by atoms with Gasteiger partial charge >= 0.3 is 0 Å². The van der Waals surface area contributed by atoms with Crippen LogP contribution in [0.15, 0.2) is 65.5 Å². The summed E-state index contributed by atoms with van der Waals surface area (Å²) in [6, 6.07) is 16.2. The lowest BCUT2D eigenvalue weighted by atomic mass is 10.1. The fourth-order valence-corrected chi connectivity index (χ4v) is 2.46. The quantitative estimate of drug-likeness (QED) is 0.796. The summed E-state index contributed by atoms with van der Waals surface area (Å²) in [6.45, 7) is 1.70. The molecule has 0 saturated heterocycles. The molecule has 5 nitrogen and oxygen atoms in total. The molecule has 0 fully saturated rings. The predicted octanol–water partition coefficient (Wildman–Crippen LogP) is 3.06. The Labute approximate surface area is 143 Å². The summed E-state index contributed by atoms with van der Waals surface area (Å²) in [5.74, 6) is -0.488. The third-order valence-electron chi connectivity index (χ3n) is 3.59. The van der Waals surface area contributed by atoms with Gasteiger partial charge in [0, 0.05) is 24.2 Å². The van der Waals surface area contributed by atoms with Crippen LogP contribution in [0.3, 0.4) is 0 Å². The average Bonchev–Trinajstić information content (AvgIpc) is 2.57. The zero-order valence-electron chi connectivity index (χ0n) is 13.6. The van der Waals surface area contributed by atoms with Crippen LogP contribution in [-0.4, -0.2) is 15.7 Å². The van der Waals surface area contributed by atoms with Gasteiger partial charge in [0.15, 0.2) is 0 Å². The molecule has 0 bridgehead atoms. The van der Waals surface area contributed by atoms with Crippen molar-refractivity contribution in [1.82, 2.24) is 9.78 Å². The predicted molar refractivity (Wildman–Crippen MR) is 93.7 cm³/mol. The second-order valence-electron chi connectivity index (χ2n) is 5.60. The number of anilines is 1. The fourth-order valence-electron chi connectivity index (χ4n) is 2.46. The molecular formula is C19H16FN3O2. The van der Waals surface area contributed by atoms with Crippen molar-refractivity contribution in [2.24, 2.45) is 0 Å². The third-order valence-corrected chi connectivity index (χ3v) is 3.59. The summed E-state index contributed by atoms with van der Waals surface area (Å²) in [4.78, 5) is 23.3. The molecule has 1 N–H and O–H groups in total. The number of aromatic nitrogens is 2. The molecule has 2 aromatic carbocycles. The minimum absolute atomic E-state index is 0.161. The van der Waals surface area contributed by atoms with Crippen molar-refractivity contribution in [3.05, 3.63) is 82.4 Å². The summed E-state index contributed by atoms with van der Waals surface area (Å²) in [5, 5.41) is 7.06. The van der Waals surface area contributed by atoms with Gasteiger partial charge in [0.25, 0.3) is 5.56 Å². The summed E-state index contributed by atoms with van der Waals surface area (Å²) in [6.07, 6.45) is 0. The number of carbonyl (C=O) groups is 1. The molecule has 1 amide bonds. The Hall–Kier alpha value is -3.28. The van der Waals surface area contributed by atoms with Gasteiger partial charge < -0.3 is 5.32 Å². The first-order valence-electron chi connectivity index (χ1n) is 7.72. The van der Waals surface area contributed by atoms with Gasteiger partial charge in [-0.15, -0.1) is 0 Å². The Kier molecular flexibility index (Phi) is 4.70. The number of halogens is 1. The van der Waals surface area contributed by atoms with Gasteiger partial charge in [-0.25, -0.2) is 9.07 Å². The molecule has 0 aliphatic rings. The van der Waals surface area contributed by atoms with Crippen LogP contribution in [0.4, 0.5) is 10.1 Å². The normalized spacial score (nSPS) is 10.5. The number of nitrogens with one attached hydrogen (secondary N) is 1. The number of hydrogen-bond acceptors (Lipinski definition) is 3. The number of nitrogens with zero attached hydrogens (tertiary/aromatic N) is 2. The molecule has 0 saturated carbocycles. The number of carbonyl (C=O) groups excluding carboxylic acids is 1. The van der Waals surface area contributed by atoms with E-state index in [1.807, 2.05) is 6.07 Å². The molecule has 6 heteroatoms. The van der Waals surface area contributed by atoms with E-state index in [2.05, 4.69) is 10.4 Å². The van der Waals surface area contributed by atoms with E-state index in [-0.39, 0.29) is 23.8 Å². The van der Waals surface area contributed by atoms with E-state index in [0.717, 1.165) is 11.1 Å². The van der Waals surface area contributed by atoms with Crippen molar-refractivity contribution in [1.29, 1.82) is 0 Å². The minimum Gasteiger partial charge on any atom is -0.326 e. The summed E-state index contributed by atoms with van der Waals surface area (Å²) >= 11 is 0. The van der Waals surface area contributed by atoms with Gasteiger partial charge in [-0.2, -0.15) is 5.10 Å². The summed E-state index contributed by atoms with van der Waals surface area (Å²) < 4.78 is 14.4. The van der Waals surface area contributed by atoms with Gasteiger partial charge in [0.2, 0.25) is 5.91 Å². The highest BCUT2D eigenvalue weighted by Crippen LogP contribution is 2.16. The third kappa shape index (κ3) is 4.17. The van der Waals surface area contributed by atoms with E-state index in [0.29, 0.717) is 11.4 Å². The smallest absolute Gasteiger partial charge is 0.267 e. The van der Waals surface area contributed by atoms with Crippen LogP contribution in [0, 0.1) is 5.82 Å². The zero-order chi connectivity index (χ0) is 17.8. The minimum atomic E-state index is -0.327. The Morgan fingerprint density at radius 1 is 1.12 bits per heavy atom. The highest BCUT2D eigenvalue weighted by atomic mass is 19.1. The van der Waals surface area contributed by atoms with Crippen LogP contribution in [0.25, 0.3) is 11.3 Å². The van der Waals surface area contributed by atoms with Crippen LogP contribution in [0.1, 0.15) is 12.5 Å². The average molecular weight is 337 g/mol. The van der Waals surface area contributed by atoms with Crippen molar-refractivity contribution in [3.63, 3.8) is 0 Å². The molecule has 1 heterocycles. The number of benzene rings is 2. The maximum absolute atomic E-state index is 13.1. The highest BCUT2D eigenvalue weighted by molar-refractivity contribution is 5.88. The van der Waals surface area contributed by atoms with Crippen LogP contribution in [0.5, 0.6) is 0 Å². The molecule has 0 spiro atoms. The maximum Gasteiger partial charge on any atom is 0.267 e. The van der Waals surface area contributed by atoms with Gasteiger partial charge in [-0.05, 0) is 48.0 Å². The van der Waals surface area contributed by atoms with Gasteiger partial charge in [-0.1, -0.05) is 12.1 Å². The van der Waals surface area contributed by atoms with Crippen LogP contribution >= 0.6 is 0 Å². The zero-order valence-corrected chi connectivity index (χ0v) is 13.6. The summed E-state index contributed by atoms with van der Waals surface area (Å²) in [7, 11) is 0. The Morgan fingerprint density at radius 2 is 1.88 bits per heavy atom. The van der Waals surface area contributed by atoms with Crippen molar-refractivity contribution >= 4 is 11.6 Å². The molecule has 0 aliphatic heterocycles. The Bertz CT molecular complexity index is 965. The van der Waals surface area contributed by atoms with Gasteiger partial charge in [0.1, 0.15) is 5.82 Å². The van der Waals surface area contributed by atoms with E-state index in [1.165, 1.54) is 29.8 Å². The Morgan fingerprint density at radius 3 is 2.60 bits per heavy atom. The van der Waals surface area contributed by atoms with Gasteiger partial charge in [-0.3, -0.25) is 9.59 Å². The molecule has 0 atom stereocenters. The highest BCUT2D eigenvalue weighted by Gasteiger charge is 2.06. The van der Waals surface area contributed by atoms with Gasteiger partial charge in [0.05, 0.1) is 12.2 Å². The first kappa shape index (κ1) is 16.6. The number of amides is 1. The molecule has 0 aliphatic carbocycles. The lowest BCUT2D eigenvalue weighted by molar-refractivity contribution is -0.114. The van der Waals surface area contributed by atoms with Crippen molar-refractivity contribution in [2.75, 3.05) is 5.32 Å². The first-order valence-corrected chi connectivity index (χ1v) is 7.72. The van der Waals surface area contributed by atoms with Crippen molar-refractivity contribution in [2.45, 2.75) is 13.5 Å². The molecule has 0 radical (unpaired) electrons.